The summed E-state index contributed by atoms with van der Waals surface area (Å²) in [4.78, 5) is 14.9. The number of hydrogen-bond acceptors (Lipinski definition) is 3. The first kappa shape index (κ1) is 15.5. The van der Waals surface area contributed by atoms with Crippen molar-refractivity contribution >= 4 is 23.2 Å². The van der Waals surface area contributed by atoms with Crippen LogP contribution >= 0.6 is 11.6 Å². The number of halogens is 1. The fraction of sp³-hybridized carbons (Fsp3) is 0.316. The van der Waals surface area contributed by atoms with E-state index >= 15 is 0 Å². The molecule has 1 aliphatic carbocycles. The maximum atomic E-state index is 13.1. The summed E-state index contributed by atoms with van der Waals surface area (Å²) in [5, 5.41) is 0.554. The van der Waals surface area contributed by atoms with E-state index in [2.05, 4.69) is 6.07 Å². The molecule has 2 N–H and O–H groups in total. The van der Waals surface area contributed by atoms with Crippen LogP contribution in [0.15, 0.2) is 42.5 Å². The van der Waals surface area contributed by atoms with Crippen LogP contribution in [0, 0.1) is 0 Å². The van der Waals surface area contributed by atoms with Crippen LogP contribution in [0.3, 0.4) is 0 Å². The smallest absolute Gasteiger partial charge is 0.248 e. The highest BCUT2D eigenvalue weighted by molar-refractivity contribution is 6.30. The largest absolute Gasteiger partial charge is 0.496 e. The zero-order valence-corrected chi connectivity index (χ0v) is 14.2. The van der Waals surface area contributed by atoms with E-state index in [0.717, 1.165) is 25.1 Å². The summed E-state index contributed by atoms with van der Waals surface area (Å²) in [5.41, 5.74) is 9.36. The maximum absolute atomic E-state index is 13.1. The highest BCUT2D eigenvalue weighted by Crippen LogP contribution is 2.56. The molecule has 1 aliphatic heterocycles. The number of fused-ring (bicyclic) bond motifs is 2. The number of amides is 1. The summed E-state index contributed by atoms with van der Waals surface area (Å²) in [6.07, 6.45) is 2.26. The van der Waals surface area contributed by atoms with Gasteiger partial charge in [0, 0.05) is 28.2 Å². The second-order valence-electron chi connectivity index (χ2n) is 6.59. The van der Waals surface area contributed by atoms with Crippen LogP contribution in [0.5, 0.6) is 5.75 Å². The van der Waals surface area contributed by atoms with Gasteiger partial charge in [0.05, 0.1) is 7.11 Å². The lowest BCUT2D eigenvalue weighted by Crippen LogP contribution is -2.39. The van der Waals surface area contributed by atoms with Crippen LogP contribution in [-0.2, 0) is 10.2 Å². The molecular formula is C19H19ClN2O2. The number of hydrogen-bond donors (Lipinski definition) is 1. The van der Waals surface area contributed by atoms with Gasteiger partial charge >= 0.3 is 0 Å². The van der Waals surface area contributed by atoms with Crippen LogP contribution < -0.4 is 15.4 Å². The summed E-state index contributed by atoms with van der Waals surface area (Å²) in [5.74, 6) is 0.434. The molecule has 4 rings (SSSR count). The highest BCUT2D eigenvalue weighted by Gasteiger charge is 2.53. The zero-order valence-electron chi connectivity index (χ0n) is 13.5. The molecule has 5 heteroatoms. The van der Waals surface area contributed by atoms with Crippen molar-refractivity contribution in [1.29, 1.82) is 0 Å². The summed E-state index contributed by atoms with van der Waals surface area (Å²) >= 11 is 6.00. The Bertz CT molecular complexity index is 817. The number of rotatable bonds is 3. The quantitative estimate of drug-likeness (QED) is 0.929. The number of ether oxygens (including phenoxy) is 1. The fourth-order valence-electron chi connectivity index (χ4n) is 3.65. The van der Waals surface area contributed by atoms with Crippen molar-refractivity contribution in [2.45, 2.75) is 24.3 Å². The number of anilines is 1. The third-order valence-corrected chi connectivity index (χ3v) is 5.38. The van der Waals surface area contributed by atoms with Gasteiger partial charge in [-0.15, -0.1) is 0 Å². The highest BCUT2D eigenvalue weighted by atomic mass is 35.5. The SMILES string of the molecule is COc1cc(Cl)ccc1C(N)C(=O)N1CC2(CC2)c2ccccc21. The number of carbonyl (C=O) groups excluding carboxylic acids is 1. The van der Waals surface area contributed by atoms with E-state index < -0.39 is 6.04 Å². The Hall–Kier alpha value is -2.04. The standard InChI is InChI=1S/C19H19ClN2O2/c1-24-16-10-12(20)6-7-13(16)17(21)18(23)22-11-19(8-9-19)14-4-2-3-5-15(14)22/h2-7,10,17H,8-9,11,21H2,1H3. The number of nitrogens with two attached hydrogens (primary N) is 1. The van der Waals surface area contributed by atoms with E-state index in [-0.39, 0.29) is 11.3 Å². The lowest BCUT2D eigenvalue weighted by atomic mass is 9.99. The fourth-order valence-corrected chi connectivity index (χ4v) is 3.81. The molecule has 2 aromatic rings. The average molecular weight is 343 g/mol. The van der Waals surface area contributed by atoms with Crippen molar-refractivity contribution in [2.24, 2.45) is 5.73 Å². The Kier molecular flexibility index (Phi) is 3.55. The number of para-hydroxylation sites is 1. The van der Waals surface area contributed by atoms with E-state index in [1.54, 1.807) is 25.3 Å². The molecule has 1 atom stereocenters. The van der Waals surface area contributed by atoms with E-state index in [4.69, 9.17) is 22.1 Å². The minimum atomic E-state index is -0.779. The molecule has 24 heavy (non-hydrogen) atoms. The number of nitrogens with zero attached hydrogens (tertiary/aromatic N) is 1. The van der Waals surface area contributed by atoms with Crippen LogP contribution in [0.25, 0.3) is 0 Å². The minimum absolute atomic E-state index is 0.105. The first-order chi connectivity index (χ1) is 11.6. The molecule has 1 amide bonds. The van der Waals surface area contributed by atoms with E-state index in [0.29, 0.717) is 16.3 Å². The zero-order chi connectivity index (χ0) is 16.9. The molecule has 1 unspecified atom stereocenters. The van der Waals surface area contributed by atoms with Crippen molar-refractivity contribution in [1.82, 2.24) is 0 Å². The summed E-state index contributed by atoms with van der Waals surface area (Å²) < 4.78 is 5.35. The van der Waals surface area contributed by atoms with Crippen molar-refractivity contribution in [3.63, 3.8) is 0 Å². The Labute approximate surface area is 146 Å². The molecule has 1 saturated carbocycles. The first-order valence-electron chi connectivity index (χ1n) is 8.06. The molecule has 1 heterocycles. The Balaban J connectivity index is 1.68. The Morgan fingerprint density at radius 3 is 2.75 bits per heavy atom. The summed E-state index contributed by atoms with van der Waals surface area (Å²) in [6.45, 7) is 0.717. The molecule has 1 spiro atoms. The normalized spacial score (nSPS) is 18.4. The molecule has 0 bridgehead atoms. The Morgan fingerprint density at radius 2 is 2.04 bits per heavy atom. The molecule has 124 valence electrons. The number of methoxy groups -OCH3 is 1. The maximum Gasteiger partial charge on any atom is 0.248 e. The predicted molar refractivity (Wildman–Crippen MR) is 94.6 cm³/mol. The second kappa shape index (κ2) is 5.50. The topological polar surface area (TPSA) is 55.6 Å². The van der Waals surface area contributed by atoms with Gasteiger partial charge in [0.2, 0.25) is 5.91 Å². The van der Waals surface area contributed by atoms with Crippen LogP contribution in [0.2, 0.25) is 5.02 Å². The molecular weight excluding hydrogens is 324 g/mol. The second-order valence-corrected chi connectivity index (χ2v) is 7.02. The summed E-state index contributed by atoms with van der Waals surface area (Å²) in [7, 11) is 1.55. The van der Waals surface area contributed by atoms with Gasteiger partial charge in [-0.3, -0.25) is 4.79 Å². The van der Waals surface area contributed by atoms with E-state index in [1.807, 2.05) is 23.1 Å². The van der Waals surface area contributed by atoms with Gasteiger partial charge in [-0.2, -0.15) is 0 Å². The van der Waals surface area contributed by atoms with E-state index in [9.17, 15) is 4.79 Å². The van der Waals surface area contributed by atoms with Gasteiger partial charge in [0.15, 0.2) is 0 Å². The first-order valence-corrected chi connectivity index (χ1v) is 8.43. The molecule has 0 radical (unpaired) electrons. The molecule has 2 aliphatic rings. The van der Waals surface area contributed by atoms with Gasteiger partial charge in [0.25, 0.3) is 0 Å². The number of carbonyl (C=O) groups is 1. The van der Waals surface area contributed by atoms with Crippen molar-refractivity contribution in [2.75, 3.05) is 18.6 Å². The predicted octanol–water partition coefficient (Wildman–Crippen LogP) is 3.43. The average Bonchev–Trinajstić information content (AvgIpc) is 3.31. The van der Waals surface area contributed by atoms with Crippen LogP contribution in [0.1, 0.15) is 30.0 Å². The third-order valence-electron chi connectivity index (χ3n) is 5.14. The van der Waals surface area contributed by atoms with Crippen LogP contribution in [0.4, 0.5) is 5.69 Å². The van der Waals surface area contributed by atoms with Gasteiger partial charge in [-0.05, 0) is 36.6 Å². The van der Waals surface area contributed by atoms with Gasteiger partial charge < -0.3 is 15.4 Å². The van der Waals surface area contributed by atoms with Crippen molar-refractivity contribution in [3.05, 3.63) is 58.6 Å². The summed E-state index contributed by atoms with van der Waals surface area (Å²) in [6, 6.07) is 12.5. The molecule has 1 fully saturated rings. The Morgan fingerprint density at radius 1 is 1.29 bits per heavy atom. The van der Waals surface area contributed by atoms with Gasteiger partial charge in [0.1, 0.15) is 11.8 Å². The minimum Gasteiger partial charge on any atom is -0.496 e. The lowest BCUT2D eigenvalue weighted by Gasteiger charge is -2.23. The van der Waals surface area contributed by atoms with Gasteiger partial charge in [-0.25, -0.2) is 0 Å². The molecule has 0 aromatic heterocycles. The van der Waals surface area contributed by atoms with Crippen LogP contribution in [-0.4, -0.2) is 19.6 Å². The third kappa shape index (κ3) is 2.29. The van der Waals surface area contributed by atoms with E-state index in [1.165, 1.54) is 5.56 Å². The van der Waals surface area contributed by atoms with Gasteiger partial charge in [-0.1, -0.05) is 35.9 Å². The van der Waals surface area contributed by atoms with Crippen molar-refractivity contribution < 1.29 is 9.53 Å². The number of benzene rings is 2. The lowest BCUT2D eigenvalue weighted by molar-refractivity contribution is -0.120. The molecule has 0 saturated heterocycles. The monoisotopic (exact) mass is 342 g/mol. The van der Waals surface area contributed by atoms with Crippen molar-refractivity contribution in [3.8, 4) is 5.75 Å². The molecule has 4 nitrogen and oxygen atoms in total. The molecule has 2 aromatic carbocycles.